The van der Waals surface area contributed by atoms with E-state index in [1.54, 1.807) is 19.1 Å². The Labute approximate surface area is 167 Å². The Kier molecular flexibility index (Phi) is 5.56. The summed E-state index contributed by atoms with van der Waals surface area (Å²) in [6.45, 7) is 1.73. The van der Waals surface area contributed by atoms with E-state index in [1.165, 1.54) is 37.7 Å². The fourth-order valence-electron chi connectivity index (χ4n) is 4.69. The fraction of sp³-hybridized carbons (Fsp3) is 0.619. The number of hydrogen-bond acceptors (Lipinski definition) is 5. The van der Waals surface area contributed by atoms with Crippen LogP contribution in [0.25, 0.3) is 0 Å². The molecule has 0 spiro atoms. The summed E-state index contributed by atoms with van der Waals surface area (Å²) in [7, 11) is -3.68. The molecule has 7 heteroatoms. The van der Waals surface area contributed by atoms with Crippen molar-refractivity contribution in [3.05, 3.63) is 41.5 Å². The van der Waals surface area contributed by atoms with Crippen LogP contribution in [0.15, 0.2) is 33.7 Å². The number of aryl methyl sites for hydroxylation is 1. The standard InChI is InChI=1S/C21H29N3O3S/c1-16-22-20(23-27-16)21(14-6-3-7-15-21)24-28(25,26)19-12-10-18(11-13-19)17-8-4-2-5-9-17/h10-13,17,24H,2-9,14-15H2,1H3. The smallest absolute Gasteiger partial charge is 0.241 e. The first-order valence-electron chi connectivity index (χ1n) is 10.4. The number of hydrogen-bond donors (Lipinski definition) is 1. The predicted octanol–water partition coefficient (Wildman–Crippen LogP) is 4.56. The molecule has 1 aromatic carbocycles. The molecule has 0 bridgehead atoms. The van der Waals surface area contributed by atoms with E-state index < -0.39 is 15.6 Å². The van der Waals surface area contributed by atoms with E-state index >= 15 is 0 Å². The molecule has 152 valence electrons. The highest BCUT2D eigenvalue weighted by Crippen LogP contribution is 2.37. The van der Waals surface area contributed by atoms with Crippen molar-refractivity contribution in [1.82, 2.24) is 14.9 Å². The van der Waals surface area contributed by atoms with Crippen LogP contribution in [0.2, 0.25) is 0 Å². The van der Waals surface area contributed by atoms with E-state index in [2.05, 4.69) is 14.9 Å². The Balaban J connectivity index is 1.58. The van der Waals surface area contributed by atoms with Crippen molar-refractivity contribution in [2.75, 3.05) is 0 Å². The summed E-state index contributed by atoms with van der Waals surface area (Å²) in [5.41, 5.74) is 0.469. The van der Waals surface area contributed by atoms with Gasteiger partial charge in [-0.25, -0.2) is 8.42 Å². The highest BCUT2D eigenvalue weighted by Gasteiger charge is 2.42. The fourth-order valence-corrected chi connectivity index (χ4v) is 6.11. The molecular weight excluding hydrogens is 374 g/mol. The van der Waals surface area contributed by atoms with Gasteiger partial charge < -0.3 is 4.52 Å². The van der Waals surface area contributed by atoms with Crippen LogP contribution in [0.5, 0.6) is 0 Å². The van der Waals surface area contributed by atoms with Crippen molar-refractivity contribution >= 4 is 10.0 Å². The van der Waals surface area contributed by atoms with E-state index in [9.17, 15) is 8.42 Å². The summed E-state index contributed by atoms with van der Waals surface area (Å²) in [6, 6.07) is 7.45. The summed E-state index contributed by atoms with van der Waals surface area (Å²) in [5.74, 6) is 1.47. The summed E-state index contributed by atoms with van der Waals surface area (Å²) in [4.78, 5) is 4.66. The molecular formula is C21H29N3O3S. The second-order valence-corrected chi connectivity index (χ2v) is 9.97. The van der Waals surface area contributed by atoms with Gasteiger partial charge in [-0.15, -0.1) is 0 Å². The lowest BCUT2D eigenvalue weighted by atomic mass is 9.82. The molecule has 1 aromatic heterocycles. The number of aromatic nitrogens is 2. The van der Waals surface area contributed by atoms with Crippen LogP contribution in [0, 0.1) is 6.92 Å². The van der Waals surface area contributed by atoms with Crippen molar-refractivity contribution in [3.8, 4) is 0 Å². The SMILES string of the molecule is Cc1nc(C2(NS(=O)(=O)c3ccc(C4CCCCC4)cc3)CCCCC2)no1. The summed E-state index contributed by atoms with van der Waals surface area (Å²) >= 11 is 0. The molecule has 2 fully saturated rings. The Morgan fingerprint density at radius 2 is 1.64 bits per heavy atom. The Morgan fingerprint density at radius 1 is 1.00 bits per heavy atom. The van der Waals surface area contributed by atoms with Crippen molar-refractivity contribution in [3.63, 3.8) is 0 Å². The Bertz CT molecular complexity index is 893. The molecule has 4 rings (SSSR count). The van der Waals surface area contributed by atoms with Gasteiger partial charge in [-0.1, -0.05) is 55.8 Å². The maximum atomic E-state index is 13.2. The van der Waals surface area contributed by atoms with E-state index in [1.807, 2.05) is 12.1 Å². The van der Waals surface area contributed by atoms with Gasteiger partial charge in [0.1, 0.15) is 0 Å². The molecule has 2 saturated carbocycles. The van der Waals surface area contributed by atoms with Gasteiger partial charge >= 0.3 is 0 Å². The lowest BCUT2D eigenvalue weighted by Gasteiger charge is -2.34. The zero-order chi connectivity index (χ0) is 19.6. The minimum Gasteiger partial charge on any atom is -0.340 e. The van der Waals surface area contributed by atoms with E-state index in [4.69, 9.17) is 4.52 Å². The molecule has 0 radical (unpaired) electrons. The van der Waals surface area contributed by atoms with Gasteiger partial charge in [-0.05, 0) is 49.3 Å². The molecule has 0 unspecified atom stereocenters. The molecule has 1 N–H and O–H groups in total. The van der Waals surface area contributed by atoms with Crippen LogP contribution in [0.1, 0.15) is 87.4 Å². The largest absolute Gasteiger partial charge is 0.340 e. The monoisotopic (exact) mass is 403 g/mol. The highest BCUT2D eigenvalue weighted by atomic mass is 32.2. The summed E-state index contributed by atoms with van der Waals surface area (Å²) in [6.07, 6.45) is 10.6. The maximum Gasteiger partial charge on any atom is 0.241 e. The predicted molar refractivity (Wildman–Crippen MR) is 106 cm³/mol. The molecule has 0 amide bonds. The minimum atomic E-state index is -3.68. The van der Waals surface area contributed by atoms with Crippen molar-refractivity contribution in [2.45, 2.75) is 87.5 Å². The molecule has 2 aromatic rings. The third-order valence-corrected chi connectivity index (χ3v) is 7.81. The normalized spacial score (nSPS) is 20.9. The number of nitrogens with one attached hydrogen (secondary N) is 1. The lowest BCUT2D eigenvalue weighted by Crippen LogP contribution is -2.47. The number of nitrogens with zero attached hydrogens (tertiary/aromatic N) is 2. The Morgan fingerprint density at radius 3 is 2.25 bits per heavy atom. The van der Waals surface area contributed by atoms with E-state index in [0.29, 0.717) is 35.4 Å². The van der Waals surface area contributed by atoms with Crippen molar-refractivity contribution < 1.29 is 12.9 Å². The molecule has 2 aliphatic carbocycles. The first-order chi connectivity index (χ1) is 13.5. The van der Waals surface area contributed by atoms with Gasteiger partial charge in [0.25, 0.3) is 0 Å². The van der Waals surface area contributed by atoms with Gasteiger partial charge in [-0.2, -0.15) is 9.71 Å². The number of benzene rings is 1. The van der Waals surface area contributed by atoms with Crippen LogP contribution in [-0.4, -0.2) is 18.6 Å². The zero-order valence-corrected chi connectivity index (χ0v) is 17.3. The molecule has 2 aliphatic rings. The maximum absolute atomic E-state index is 13.2. The minimum absolute atomic E-state index is 0.303. The number of rotatable bonds is 5. The second kappa shape index (κ2) is 7.95. The van der Waals surface area contributed by atoms with Crippen LogP contribution in [-0.2, 0) is 15.6 Å². The Hall–Kier alpha value is -1.73. The summed E-state index contributed by atoms with van der Waals surface area (Å²) < 4.78 is 34.4. The first kappa shape index (κ1) is 19.6. The zero-order valence-electron chi connectivity index (χ0n) is 16.5. The van der Waals surface area contributed by atoms with Crippen LogP contribution in [0.3, 0.4) is 0 Å². The molecule has 0 saturated heterocycles. The van der Waals surface area contributed by atoms with Gasteiger partial charge in [0.2, 0.25) is 15.9 Å². The molecule has 1 heterocycles. The number of sulfonamides is 1. The quantitative estimate of drug-likeness (QED) is 0.791. The average molecular weight is 404 g/mol. The van der Waals surface area contributed by atoms with Gasteiger partial charge in [0.15, 0.2) is 5.82 Å². The third-order valence-electron chi connectivity index (χ3n) is 6.26. The van der Waals surface area contributed by atoms with Gasteiger partial charge in [0, 0.05) is 6.92 Å². The van der Waals surface area contributed by atoms with E-state index in [0.717, 1.165) is 19.3 Å². The van der Waals surface area contributed by atoms with Gasteiger partial charge in [0.05, 0.1) is 10.4 Å². The van der Waals surface area contributed by atoms with Crippen molar-refractivity contribution in [2.24, 2.45) is 0 Å². The van der Waals surface area contributed by atoms with E-state index in [-0.39, 0.29) is 0 Å². The van der Waals surface area contributed by atoms with Crippen LogP contribution in [0.4, 0.5) is 0 Å². The average Bonchev–Trinajstić information content (AvgIpc) is 3.16. The highest BCUT2D eigenvalue weighted by molar-refractivity contribution is 7.89. The van der Waals surface area contributed by atoms with Crippen LogP contribution < -0.4 is 4.72 Å². The third kappa shape index (κ3) is 4.01. The van der Waals surface area contributed by atoms with Gasteiger partial charge in [-0.3, -0.25) is 0 Å². The van der Waals surface area contributed by atoms with Crippen molar-refractivity contribution in [1.29, 1.82) is 0 Å². The molecule has 0 aliphatic heterocycles. The molecule has 28 heavy (non-hydrogen) atoms. The topological polar surface area (TPSA) is 85.1 Å². The first-order valence-corrected chi connectivity index (χ1v) is 11.9. The van der Waals surface area contributed by atoms with Crippen LogP contribution >= 0.6 is 0 Å². The molecule has 6 nitrogen and oxygen atoms in total. The molecule has 0 atom stereocenters. The summed E-state index contributed by atoms with van der Waals surface area (Å²) in [5, 5.41) is 4.05. The second-order valence-electron chi connectivity index (χ2n) is 8.29. The lowest BCUT2D eigenvalue weighted by molar-refractivity contribution is 0.248.